The lowest BCUT2D eigenvalue weighted by molar-refractivity contribution is -0.134. The maximum atomic E-state index is 13.1. The summed E-state index contributed by atoms with van der Waals surface area (Å²) in [5, 5.41) is 0. The maximum absolute atomic E-state index is 13.1. The van der Waals surface area contributed by atoms with Crippen molar-refractivity contribution < 1.29 is 4.79 Å². The zero-order valence-electron chi connectivity index (χ0n) is 16.4. The van der Waals surface area contributed by atoms with E-state index >= 15 is 0 Å². The molecule has 1 fully saturated rings. The zero-order valence-corrected chi connectivity index (χ0v) is 16.4. The van der Waals surface area contributed by atoms with Gasteiger partial charge < -0.3 is 4.90 Å². The molecule has 2 aromatic carbocycles. The fraction of sp³-hybridized carbons (Fsp3) is 0.400. The summed E-state index contributed by atoms with van der Waals surface area (Å²) in [4.78, 5) is 15.2. The maximum Gasteiger partial charge on any atom is 0.223 e. The van der Waals surface area contributed by atoms with Gasteiger partial charge in [0.15, 0.2) is 0 Å². The average molecular weight is 362 g/mol. The normalized spacial score (nSPS) is 15.1. The van der Waals surface area contributed by atoms with Crippen molar-refractivity contribution in [1.82, 2.24) is 4.90 Å². The predicted molar refractivity (Wildman–Crippen MR) is 113 cm³/mol. The first kappa shape index (κ1) is 19.4. The summed E-state index contributed by atoms with van der Waals surface area (Å²) >= 11 is 0. The highest BCUT2D eigenvalue weighted by Crippen LogP contribution is 2.25. The van der Waals surface area contributed by atoms with Gasteiger partial charge in [-0.15, -0.1) is 0 Å². The summed E-state index contributed by atoms with van der Waals surface area (Å²) in [6.07, 6.45) is 11.7. The molecule has 3 rings (SSSR count). The number of rotatable bonds is 7. The molecule has 0 N–H and O–H groups in total. The molecule has 1 aliphatic rings. The molecule has 0 heterocycles. The SMILES string of the molecule is Cc1ccccc1CN(C(=O)CC/C=C/c1ccccc1)C1CCCCC1. The highest BCUT2D eigenvalue weighted by atomic mass is 16.2. The minimum atomic E-state index is 0.294. The Labute approximate surface area is 163 Å². The van der Waals surface area contributed by atoms with Gasteiger partial charge >= 0.3 is 0 Å². The molecule has 0 spiro atoms. The van der Waals surface area contributed by atoms with E-state index in [2.05, 4.69) is 60.4 Å². The Bertz CT molecular complexity index is 744. The lowest BCUT2D eigenvalue weighted by Gasteiger charge is -2.35. The summed E-state index contributed by atoms with van der Waals surface area (Å²) in [5.41, 5.74) is 3.74. The van der Waals surface area contributed by atoms with E-state index in [1.165, 1.54) is 36.0 Å². The van der Waals surface area contributed by atoms with Crippen molar-refractivity contribution in [3.8, 4) is 0 Å². The van der Waals surface area contributed by atoms with Gasteiger partial charge in [-0.25, -0.2) is 0 Å². The molecular weight excluding hydrogens is 330 g/mol. The molecule has 0 bridgehead atoms. The molecule has 2 aromatic rings. The predicted octanol–water partition coefficient (Wildman–Crippen LogP) is 6.15. The number of nitrogens with zero attached hydrogens (tertiary/aromatic N) is 1. The second-order valence-corrected chi connectivity index (χ2v) is 7.59. The fourth-order valence-electron chi connectivity index (χ4n) is 3.92. The first-order valence-corrected chi connectivity index (χ1v) is 10.3. The van der Waals surface area contributed by atoms with Crippen molar-refractivity contribution in [2.75, 3.05) is 0 Å². The van der Waals surface area contributed by atoms with E-state index in [1.807, 2.05) is 18.2 Å². The van der Waals surface area contributed by atoms with Crippen molar-refractivity contribution in [1.29, 1.82) is 0 Å². The molecular formula is C25H31NO. The van der Waals surface area contributed by atoms with Crippen LogP contribution in [0.4, 0.5) is 0 Å². The standard InChI is InChI=1S/C25H31NO/c1-21-12-8-10-16-23(21)20-26(24-17-6-3-7-18-24)25(27)19-11-9-15-22-13-4-2-5-14-22/h2,4-5,8-10,12-16,24H,3,6-7,11,17-20H2,1H3/b15-9+. The molecule has 0 aliphatic heterocycles. The first-order chi connectivity index (χ1) is 13.2. The van der Waals surface area contributed by atoms with Gasteiger partial charge in [-0.2, -0.15) is 0 Å². The monoisotopic (exact) mass is 361 g/mol. The highest BCUT2D eigenvalue weighted by Gasteiger charge is 2.25. The van der Waals surface area contributed by atoms with Crippen molar-refractivity contribution in [2.45, 2.75) is 64.5 Å². The van der Waals surface area contributed by atoms with E-state index < -0.39 is 0 Å². The molecule has 1 aliphatic carbocycles. The van der Waals surface area contributed by atoms with Crippen LogP contribution in [-0.4, -0.2) is 16.8 Å². The number of aryl methyl sites for hydroxylation is 1. The van der Waals surface area contributed by atoms with Crippen LogP contribution < -0.4 is 0 Å². The highest BCUT2D eigenvalue weighted by molar-refractivity contribution is 5.77. The molecule has 0 unspecified atom stereocenters. The zero-order chi connectivity index (χ0) is 18.9. The number of carbonyl (C=O) groups excluding carboxylic acids is 1. The first-order valence-electron chi connectivity index (χ1n) is 10.3. The Morgan fingerprint density at radius 3 is 2.44 bits per heavy atom. The molecule has 1 saturated carbocycles. The minimum absolute atomic E-state index is 0.294. The molecule has 2 heteroatoms. The second-order valence-electron chi connectivity index (χ2n) is 7.59. The van der Waals surface area contributed by atoms with E-state index in [0.29, 0.717) is 18.4 Å². The number of amides is 1. The number of hydrogen-bond donors (Lipinski definition) is 0. The third-order valence-electron chi connectivity index (χ3n) is 5.57. The van der Waals surface area contributed by atoms with Crippen molar-refractivity contribution in [3.05, 3.63) is 77.4 Å². The summed E-state index contributed by atoms with van der Waals surface area (Å²) < 4.78 is 0. The van der Waals surface area contributed by atoms with Crippen molar-refractivity contribution in [2.24, 2.45) is 0 Å². The molecule has 27 heavy (non-hydrogen) atoms. The Morgan fingerprint density at radius 2 is 1.70 bits per heavy atom. The second kappa shape index (κ2) is 10.1. The van der Waals surface area contributed by atoms with Crippen LogP contribution in [0, 0.1) is 6.92 Å². The van der Waals surface area contributed by atoms with Crippen LogP contribution >= 0.6 is 0 Å². The summed E-state index contributed by atoms with van der Waals surface area (Å²) in [6, 6.07) is 19.1. The summed E-state index contributed by atoms with van der Waals surface area (Å²) in [6.45, 7) is 2.89. The van der Waals surface area contributed by atoms with Gasteiger partial charge in [0, 0.05) is 19.0 Å². The third-order valence-corrected chi connectivity index (χ3v) is 5.57. The molecule has 0 saturated heterocycles. The lowest BCUT2D eigenvalue weighted by Crippen LogP contribution is -2.41. The van der Waals surface area contributed by atoms with Crippen LogP contribution in [0.5, 0.6) is 0 Å². The van der Waals surface area contributed by atoms with Crippen LogP contribution in [0.1, 0.15) is 61.6 Å². The third kappa shape index (κ3) is 5.82. The number of allylic oxidation sites excluding steroid dienone is 1. The van der Waals surface area contributed by atoms with E-state index in [1.54, 1.807) is 0 Å². The Balaban J connectivity index is 1.63. The van der Waals surface area contributed by atoms with Crippen LogP contribution in [0.25, 0.3) is 6.08 Å². The fourth-order valence-corrected chi connectivity index (χ4v) is 3.92. The van der Waals surface area contributed by atoms with E-state index in [4.69, 9.17) is 0 Å². The van der Waals surface area contributed by atoms with Crippen LogP contribution in [0.15, 0.2) is 60.7 Å². The molecule has 142 valence electrons. The van der Waals surface area contributed by atoms with Gasteiger partial charge in [-0.1, -0.05) is 86.0 Å². The van der Waals surface area contributed by atoms with Gasteiger partial charge in [0.25, 0.3) is 0 Å². The minimum Gasteiger partial charge on any atom is -0.335 e. The van der Waals surface area contributed by atoms with Gasteiger partial charge in [0.2, 0.25) is 5.91 Å². The number of hydrogen-bond acceptors (Lipinski definition) is 1. The summed E-state index contributed by atoms with van der Waals surface area (Å²) in [7, 11) is 0. The Hall–Kier alpha value is -2.35. The van der Waals surface area contributed by atoms with Crippen LogP contribution in [-0.2, 0) is 11.3 Å². The molecule has 1 amide bonds. The summed E-state index contributed by atoms with van der Waals surface area (Å²) in [5.74, 6) is 0.294. The smallest absolute Gasteiger partial charge is 0.223 e. The van der Waals surface area contributed by atoms with Gasteiger partial charge in [0.05, 0.1) is 0 Å². The number of carbonyl (C=O) groups is 1. The van der Waals surface area contributed by atoms with E-state index in [0.717, 1.165) is 25.8 Å². The molecule has 0 aromatic heterocycles. The quantitative estimate of drug-likeness (QED) is 0.579. The van der Waals surface area contributed by atoms with Gasteiger partial charge in [-0.05, 0) is 42.9 Å². The molecule has 0 radical (unpaired) electrons. The molecule has 0 atom stereocenters. The average Bonchev–Trinajstić information content (AvgIpc) is 2.72. The lowest BCUT2D eigenvalue weighted by atomic mass is 9.93. The topological polar surface area (TPSA) is 20.3 Å². The largest absolute Gasteiger partial charge is 0.335 e. The Kier molecular flexibility index (Phi) is 7.27. The number of benzene rings is 2. The van der Waals surface area contributed by atoms with Crippen LogP contribution in [0.3, 0.4) is 0 Å². The molecule has 2 nitrogen and oxygen atoms in total. The van der Waals surface area contributed by atoms with E-state index in [-0.39, 0.29) is 0 Å². The van der Waals surface area contributed by atoms with Crippen molar-refractivity contribution in [3.63, 3.8) is 0 Å². The van der Waals surface area contributed by atoms with E-state index in [9.17, 15) is 4.79 Å². The van der Waals surface area contributed by atoms with Gasteiger partial charge in [-0.3, -0.25) is 4.79 Å². The Morgan fingerprint density at radius 1 is 1.00 bits per heavy atom. The van der Waals surface area contributed by atoms with Crippen LogP contribution in [0.2, 0.25) is 0 Å². The van der Waals surface area contributed by atoms with Crippen molar-refractivity contribution >= 4 is 12.0 Å². The van der Waals surface area contributed by atoms with Gasteiger partial charge in [0.1, 0.15) is 0 Å².